The summed E-state index contributed by atoms with van der Waals surface area (Å²) < 4.78 is 0. The van der Waals surface area contributed by atoms with E-state index >= 15 is 0 Å². The Morgan fingerprint density at radius 1 is 1.25 bits per heavy atom. The fourth-order valence-electron chi connectivity index (χ4n) is 0.591. The Morgan fingerprint density at radius 2 is 1.92 bits per heavy atom. The van der Waals surface area contributed by atoms with E-state index in [0.29, 0.717) is 13.1 Å². The van der Waals surface area contributed by atoms with E-state index in [-0.39, 0.29) is 6.17 Å². The molecule has 0 aliphatic rings. The molecule has 0 aromatic carbocycles. The minimum atomic E-state index is -0.142. The van der Waals surface area contributed by atoms with E-state index < -0.39 is 0 Å². The van der Waals surface area contributed by atoms with Crippen LogP contribution < -0.4 is 0 Å². The van der Waals surface area contributed by atoms with Crippen molar-refractivity contribution in [2.45, 2.75) is 19.5 Å². The Labute approximate surface area is 72.9 Å². The summed E-state index contributed by atoms with van der Waals surface area (Å²) in [6.45, 7) is 10.0. The van der Waals surface area contributed by atoms with Gasteiger partial charge in [-0.25, -0.2) is 9.98 Å². The molecule has 0 fully saturated rings. The maximum atomic E-state index is 3.90. The van der Waals surface area contributed by atoms with Crippen LogP contribution in [0.2, 0.25) is 0 Å². The SMILES string of the molecule is C=NC(CCN=C=NCC)N=C. The Bertz CT molecular complexity index is 183. The summed E-state index contributed by atoms with van der Waals surface area (Å²) >= 11 is 0. The van der Waals surface area contributed by atoms with Crippen LogP contribution in [0.5, 0.6) is 0 Å². The van der Waals surface area contributed by atoms with E-state index in [9.17, 15) is 0 Å². The van der Waals surface area contributed by atoms with Crippen LogP contribution >= 0.6 is 0 Å². The Morgan fingerprint density at radius 3 is 2.42 bits per heavy atom. The molecule has 0 heterocycles. The Balaban J connectivity index is 3.60. The van der Waals surface area contributed by atoms with E-state index in [4.69, 9.17) is 0 Å². The van der Waals surface area contributed by atoms with Crippen molar-refractivity contribution in [2.75, 3.05) is 13.1 Å². The van der Waals surface area contributed by atoms with E-state index in [1.165, 1.54) is 0 Å². The van der Waals surface area contributed by atoms with Crippen molar-refractivity contribution < 1.29 is 0 Å². The predicted octanol–water partition coefficient (Wildman–Crippen LogP) is 1.30. The molecular weight excluding hydrogens is 152 g/mol. The molecular formula is C8H14N4. The van der Waals surface area contributed by atoms with Crippen LogP contribution in [0.1, 0.15) is 13.3 Å². The highest BCUT2D eigenvalue weighted by Crippen LogP contribution is 1.96. The third-order valence-corrected chi connectivity index (χ3v) is 1.22. The van der Waals surface area contributed by atoms with Crippen LogP contribution in [-0.2, 0) is 0 Å². The molecule has 0 radical (unpaired) electrons. The molecule has 4 nitrogen and oxygen atoms in total. The quantitative estimate of drug-likeness (QED) is 0.534. The molecule has 0 aromatic rings. The largest absolute Gasteiger partial charge is 0.274 e. The average molecular weight is 166 g/mol. The van der Waals surface area contributed by atoms with Crippen LogP contribution in [0.3, 0.4) is 0 Å². The maximum absolute atomic E-state index is 3.90. The van der Waals surface area contributed by atoms with E-state index in [0.717, 1.165) is 6.42 Å². The highest BCUT2D eigenvalue weighted by molar-refractivity contribution is 5.40. The molecule has 0 aliphatic carbocycles. The second-order valence-corrected chi connectivity index (χ2v) is 2.09. The van der Waals surface area contributed by atoms with E-state index in [2.05, 4.69) is 39.4 Å². The summed E-state index contributed by atoms with van der Waals surface area (Å²) in [5, 5.41) is 0. The first-order valence-corrected chi connectivity index (χ1v) is 3.84. The molecule has 0 saturated heterocycles. The highest BCUT2D eigenvalue weighted by atomic mass is 15.0. The number of nitrogens with zero attached hydrogens (tertiary/aromatic N) is 4. The second kappa shape index (κ2) is 7.82. The fourth-order valence-corrected chi connectivity index (χ4v) is 0.591. The third-order valence-electron chi connectivity index (χ3n) is 1.22. The molecule has 0 atom stereocenters. The average Bonchev–Trinajstić information content (AvgIpc) is 2.11. The standard InChI is InChI=1S/C8H14N4/c1-4-11-7-12-6-5-8(9-2)10-3/h8H,2-6H2,1H3. The van der Waals surface area contributed by atoms with Crippen LogP contribution in [-0.4, -0.2) is 38.7 Å². The minimum absolute atomic E-state index is 0.142. The highest BCUT2D eigenvalue weighted by Gasteiger charge is 1.97. The van der Waals surface area contributed by atoms with Crippen molar-refractivity contribution in [1.29, 1.82) is 0 Å². The molecule has 0 spiro atoms. The van der Waals surface area contributed by atoms with E-state index in [1.807, 2.05) is 6.92 Å². The molecule has 0 rings (SSSR count). The number of aliphatic imine (C=N–C) groups is 4. The van der Waals surface area contributed by atoms with Crippen LogP contribution in [0.15, 0.2) is 20.0 Å². The van der Waals surface area contributed by atoms with Gasteiger partial charge in [-0.15, -0.1) is 0 Å². The van der Waals surface area contributed by atoms with Gasteiger partial charge >= 0.3 is 0 Å². The first-order chi connectivity index (χ1) is 5.85. The lowest BCUT2D eigenvalue weighted by molar-refractivity contribution is 0.663. The molecule has 0 aliphatic heterocycles. The monoisotopic (exact) mass is 166 g/mol. The predicted molar refractivity (Wildman–Crippen MR) is 52.8 cm³/mol. The molecule has 0 N–H and O–H groups in total. The van der Waals surface area contributed by atoms with Gasteiger partial charge in [0, 0.05) is 13.0 Å². The lowest BCUT2D eigenvalue weighted by Crippen LogP contribution is -2.00. The topological polar surface area (TPSA) is 49.4 Å². The van der Waals surface area contributed by atoms with Gasteiger partial charge in [0.25, 0.3) is 0 Å². The summed E-state index contributed by atoms with van der Waals surface area (Å²) in [5.74, 6) is 0. The normalized spacial score (nSPS) is 8.83. The van der Waals surface area contributed by atoms with Crippen LogP contribution in [0.25, 0.3) is 0 Å². The smallest absolute Gasteiger partial charge is 0.139 e. The van der Waals surface area contributed by atoms with Gasteiger partial charge in [-0.2, -0.15) is 0 Å². The van der Waals surface area contributed by atoms with E-state index in [1.54, 1.807) is 0 Å². The van der Waals surface area contributed by atoms with Gasteiger partial charge in [0.15, 0.2) is 0 Å². The summed E-state index contributed by atoms with van der Waals surface area (Å²) in [4.78, 5) is 15.2. The maximum Gasteiger partial charge on any atom is 0.139 e. The molecule has 0 saturated carbocycles. The van der Waals surface area contributed by atoms with Crippen molar-refractivity contribution in [1.82, 2.24) is 0 Å². The van der Waals surface area contributed by atoms with Crippen molar-refractivity contribution in [3.63, 3.8) is 0 Å². The van der Waals surface area contributed by atoms with Gasteiger partial charge < -0.3 is 0 Å². The lowest BCUT2D eigenvalue weighted by Gasteiger charge is -2.00. The van der Waals surface area contributed by atoms with Gasteiger partial charge in [-0.3, -0.25) is 9.98 Å². The zero-order valence-corrected chi connectivity index (χ0v) is 7.40. The van der Waals surface area contributed by atoms with Crippen molar-refractivity contribution in [3.8, 4) is 0 Å². The number of rotatable bonds is 6. The molecule has 66 valence electrons. The fraction of sp³-hybridized carbons (Fsp3) is 0.625. The zero-order valence-electron chi connectivity index (χ0n) is 7.40. The number of hydrogen-bond donors (Lipinski definition) is 0. The zero-order chi connectivity index (χ0) is 9.23. The third kappa shape index (κ3) is 5.50. The molecule has 0 bridgehead atoms. The molecule has 0 amide bonds. The van der Waals surface area contributed by atoms with Gasteiger partial charge in [0.1, 0.15) is 6.17 Å². The Hall–Kier alpha value is -1.28. The van der Waals surface area contributed by atoms with Gasteiger partial charge in [-0.05, 0) is 20.4 Å². The first-order valence-electron chi connectivity index (χ1n) is 3.84. The minimum Gasteiger partial charge on any atom is -0.274 e. The molecule has 12 heavy (non-hydrogen) atoms. The number of hydrogen-bond acceptors (Lipinski definition) is 4. The second-order valence-electron chi connectivity index (χ2n) is 2.09. The summed E-state index contributed by atoms with van der Waals surface area (Å²) in [7, 11) is 0. The van der Waals surface area contributed by atoms with Crippen molar-refractivity contribution >= 4 is 19.4 Å². The van der Waals surface area contributed by atoms with Crippen LogP contribution in [0, 0.1) is 0 Å². The van der Waals surface area contributed by atoms with Crippen molar-refractivity contribution in [2.24, 2.45) is 20.0 Å². The summed E-state index contributed by atoms with van der Waals surface area (Å²) in [5.41, 5.74) is 0. The van der Waals surface area contributed by atoms with Crippen LogP contribution in [0.4, 0.5) is 0 Å². The van der Waals surface area contributed by atoms with Crippen molar-refractivity contribution in [3.05, 3.63) is 0 Å². The summed E-state index contributed by atoms with van der Waals surface area (Å²) in [6.07, 6.45) is 0.580. The van der Waals surface area contributed by atoms with Gasteiger partial charge in [0.2, 0.25) is 0 Å². The molecule has 0 aromatic heterocycles. The lowest BCUT2D eigenvalue weighted by atomic mass is 10.3. The molecule has 0 unspecified atom stereocenters. The Kier molecular flexibility index (Phi) is 6.99. The van der Waals surface area contributed by atoms with Gasteiger partial charge in [-0.1, -0.05) is 0 Å². The summed E-state index contributed by atoms with van der Waals surface area (Å²) in [6, 6.07) is 2.56. The molecule has 4 heteroatoms. The van der Waals surface area contributed by atoms with Gasteiger partial charge in [0.05, 0.1) is 12.6 Å². The first kappa shape index (κ1) is 10.7.